The van der Waals surface area contributed by atoms with E-state index >= 15 is 0 Å². The Kier molecular flexibility index (Phi) is 5.37. The van der Waals surface area contributed by atoms with Gasteiger partial charge < -0.3 is 5.73 Å². The largest absolute Gasteiger partial charge is 0.322 e. The highest BCUT2D eigenvalue weighted by molar-refractivity contribution is 7.89. The van der Waals surface area contributed by atoms with Crippen LogP contribution < -0.4 is 10.5 Å². The molecule has 0 aliphatic heterocycles. The Hall–Kier alpha value is -2.02. The van der Waals surface area contributed by atoms with Gasteiger partial charge in [-0.05, 0) is 35.3 Å². The van der Waals surface area contributed by atoms with Crippen LogP contribution in [0.5, 0.6) is 0 Å². The van der Waals surface area contributed by atoms with E-state index in [1.807, 2.05) is 60.7 Å². The molecule has 5 nitrogen and oxygen atoms in total. The van der Waals surface area contributed by atoms with Crippen LogP contribution in [0.1, 0.15) is 56.3 Å². The minimum Gasteiger partial charge on any atom is -0.322 e. The molecule has 2 aromatic rings. The summed E-state index contributed by atoms with van der Waals surface area (Å²) in [6, 6.07) is 17.7. The number of hydrogen-bond acceptors (Lipinski definition) is 4. The van der Waals surface area contributed by atoms with Gasteiger partial charge in [0.2, 0.25) is 10.0 Å². The summed E-state index contributed by atoms with van der Waals surface area (Å²) >= 11 is 0. The lowest BCUT2D eigenvalue weighted by molar-refractivity contribution is -0.128. The van der Waals surface area contributed by atoms with Crippen LogP contribution in [0.25, 0.3) is 0 Å². The van der Waals surface area contributed by atoms with Crippen LogP contribution in [0.2, 0.25) is 0 Å². The summed E-state index contributed by atoms with van der Waals surface area (Å²) in [6.45, 7) is 4.10. The predicted octanol–water partition coefficient (Wildman–Crippen LogP) is 3.74. The van der Waals surface area contributed by atoms with E-state index in [4.69, 9.17) is 5.73 Å². The summed E-state index contributed by atoms with van der Waals surface area (Å²) in [6.07, 6.45) is 2.05. The van der Waals surface area contributed by atoms with Gasteiger partial charge in [0, 0.05) is 11.8 Å². The Bertz CT molecular complexity index is 1020. The van der Waals surface area contributed by atoms with Gasteiger partial charge in [0.1, 0.15) is 5.78 Å². The van der Waals surface area contributed by atoms with Crippen molar-refractivity contribution in [3.8, 4) is 0 Å². The first-order valence-corrected chi connectivity index (χ1v) is 12.2. The van der Waals surface area contributed by atoms with Crippen molar-refractivity contribution < 1.29 is 13.2 Å². The molecule has 0 radical (unpaired) electrons. The fourth-order valence-electron chi connectivity index (χ4n) is 5.54. The number of sulfonamides is 1. The van der Waals surface area contributed by atoms with E-state index in [1.165, 1.54) is 0 Å². The molecule has 160 valence electrons. The standard InChI is InChI=1S/C24H30N2O3S/c1-23(2)19-13-14-24(23,20(27)15-19)16-30(28,29)26-22(18-11-7-4-8-12-18)21(25)17-9-5-3-6-10-17/h3-12,19,21-22,26H,13-16,25H2,1-2H3/t19-,21-,22-,24+/m1/s1. The van der Waals surface area contributed by atoms with Crippen molar-refractivity contribution in [1.82, 2.24) is 4.72 Å². The molecule has 0 amide bonds. The van der Waals surface area contributed by atoms with Gasteiger partial charge in [-0.15, -0.1) is 0 Å². The maximum Gasteiger partial charge on any atom is 0.213 e. The van der Waals surface area contributed by atoms with Crippen molar-refractivity contribution in [2.75, 3.05) is 5.75 Å². The maximum atomic E-state index is 13.4. The topological polar surface area (TPSA) is 89.3 Å². The lowest BCUT2D eigenvalue weighted by Crippen LogP contribution is -2.47. The number of benzene rings is 2. The fourth-order valence-corrected chi connectivity index (χ4v) is 7.62. The molecule has 6 heteroatoms. The van der Waals surface area contributed by atoms with Gasteiger partial charge in [0.25, 0.3) is 0 Å². The molecular formula is C24H30N2O3S. The summed E-state index contributed by atoms with van der Waals surface area (Å²) in [5.74, 6) is 0.196. The maximum absolute atomic E-state index is 13.4. The van der Waals surface area contributed by atoms with E-state index in [1.54, 1.807) is 0 Å². The Morgan fingerprint density at radius 1 is 1.03 bits per heavy atom. The van der Waals surface area contributed by atoms with Crippen molar-refractivity contribution >= 4 is 15.8 Å². The monoisotopic (exact) mass is 426 g/mol. The average Bonchev–Trinajstić information content (AvgIpc) is 3.07. The lowest BCUT2D eigenvalue weighted by Gasteiger charge is -2.37. The van der Waals surface area contributed by atoms with E-state index in [9.17, 15) is 13.2 Å². The molecular weight excluding hydrogens is 396 g/mol. The van der Waals surface area contributed by atoms with Crippen LogP contribution in [0, 0.1) is 16.7 Å². The smallest absolute Gasteiger partial charge is 0.213 e. The molecule has 4 atom stereocenters. The molecule has 2 aromatic carbocycles. The number of carbonyl (C=O) groups excluding carboxylic acids is 1. The molecule has 0 saturated heterocycles. The van der Waals surface area contributed by atoms with E-state index in [0.717, 1.165) is 17.5 Å². The third-order valence-electron chi connectivity index (χ3n) is 7.58. The zero-order valence-electron chi connectivity index (χ0n) is 17.5. The first kappa shape index (κ1) is 21.2. The second-order valence-electron chi connectivity index (χ2n) is 9.37. The second-order valence-corrected chi connectivity index (χ2v) is 11.1. The van der Waals surface area contributed by atoms with Crippen molar-refractivity contribution in [2.24, 2.45) is 22.5 Å². The number of Topliss-reactive ketones (excluding diaryl/α,β-unsaturated/α-hetero) is 1. The molecule has 3 N–H and O–H groups in total. The van der Waals surface area contributed by atoms with Crippen LogP contribution in [0.15, 0.2) is 60.7 Å². The van der Waals surface area contributed by atoms with Crippen molar-refractivity contribution in [2.45, 2.75) is 45.2 Å². The van der Waals surface area contributed by atoms with Gasteiger partial charge in [-0.3, -0.25) is 4.79 Å². The van der Waals surface area contributed by atoms with Gasteiger partial charge in [-0.1, -0.05) is 74.5 Å². The second kappa shape index (κ2) is 7.59. The molecule has 30 heavy (non-hydrogen) atoms. The van der Waals surface area contributed by atoms with E-state index in [2.05, 4.69) is 18.6 Å². The predicted molar refractivity (Wildman–Crippen MR) is 118 cm³/mol. The first-order chi connectivity index (χ1) is 14.2. The summed E-state index contributed by atoms with van der Waals surface area (Å²) < 4.78 is 29.7. The minimum absolute atomic E-state index is 0.0951. The molecule has 4 rings (SSSR count). The molecule has 2 saturated carbocycles. The van der Waals surface area contributed by atoms with Gasteiger partial charge in [0.05, 0.1) is 17.8 Å². The normalized spacial score (nSPS) is 27.2. The highest BCUT2D eigenvalue weighted by Crippen LogP contribution is 2.64. The summed E-state index contributed by atoms with van der Waals surface area (Å²) in [5.41, 5.74) is 7.09. The fraction of sp³-hybridized carbons (Fsp3) is 0.458. The van der Waals surface area contributed by atoms with Crippen molar-refractivity contribution in [3.63, 3.8) is 0 Å². The van der Waals surface area contributed by atoms with Gasteiger partial charge in [0.15, 0.2) is 0 Å². The van der Waals surface area contributed by atoms with Crippen molar-refractivity contribution in [3.05, 3.63) is 71.8 Å². The summed E-state index contributed by atoms with van der Waals surface area (Å²) in [5, 5.41) is 0. The van der Waals surface area contributed by atoms with Crippen LogP contribution in [-0.4, -0.2) is 20.0 Å². The Morgan fingerprint density at radius 2 is 1.60 bits per heavy atom. The third-order valence-corrected chi connectivity index (χ3v) is 9.07. The van der Waals surface area contributed by atoms with E-state index < -0.39 is 27.5 Å². The molecule has 2 aliphatic rings. The number of nitrogens with two attached hydrogens (primary N) is 1. The Morgan fingerprint density at radius 3 is 2.10 bits per heavy atom. The summed E-state index contributed by atoms with van der Waals surface area (Å²) in [4.78, 5) is 12.8. The molecule has 0 aromatic heterocycles. The quantitative estimate of drug-likeness (QED) is 0.706. The first-order valence-electron chi connectivity index (χ1n) is 10.6. The highest BCUT2D eigenvalue weighted by Gasteiger charge is 2.65. The van der Waals surface area contributed by atoms with Crippen LogP contribution >= 0.6 is 0 Å². The van der Waals surface area contributed by atoms with Gasteiger partial charge in [-0.25, -0.2) is 13.1 Å². The van der Waals surface area contributed by atoms with E-state index in [-0.39, 0.29) is 22.9 Å². The van der Waals surface area contributed by atoms with Crippen LogP contribution in [-0.2, 0) is 14.8 Å². The van der Waals surface area contributed by atoms with E-state index in [0.29, 0.717) is 12.8 Å². The molecule has 2 bridgehead atoms. The molecule has 0 heterocycles. The zero-order valence-corrected chi connectivity index (χ0v) is 18.4. The molecule has 2 aliphatic carbocycles. The third kappa shape index (κ3) is 3.51. The lowest BCUT2D eigenvalue weighted by atomic mass is 9.70. The highest BCUT2D eigenvalue weighted by atomic mass is 32.2. The number of rotatable bonds is 7. The molecule has 2 fully saturated rings. The van der Waals surface area contributed by atoms with Crippen LogP contribution in [0.4, 0.5) is 0 Å². The molecule has 0 spiro atoms. The van der Waals surface area contributed by atoms with Gasteiger partial charge >= 0.3 is 0 Å². The number of fused-ring (bicyclic) bond motifs is 2. The number of hydrogen-bond donors (Lipinski definition) is 2. The Labute approximate surface area is 179 Å². The average molecular weight is 427 g/mol. The summed E-state index contributed by atoms with van der Waals surface area (Å²) in [7, 11) is -3.76. The minimum atomic E-state index is -3.76. The number of ketones is 1. The van der Waals surface area contributed by atoms with Crippen molar-refractivity contribution in [1.29, 1.82) is 0 Å². The SMILES string of the molecule is CC1(C)[C@@H]2CC[C@]1(CS(=O)(=O)N[C@H](c1ccccc1)[C@H](N)c1ccccc1)C(=O)C2. The van der Waals surface area contributed by atoms with Gasteiger partial charge in [-0.2, -0.15) is 0 Å². The number of carbonyl (C=O) groups is 1. The van der Waals surface area contributed by atoms with Crippen LogP contribution in [0.3, 0.4) is 0 Å². The Balaban J connectivity index is 1.65. The zero-order chi connectivity index (χ0) is 21.6. The number of nitrogens with one attached hydrogen (secondary N) is 1. The molecule has 0 unspecified atom stereocenters.